The van der Waals surface area contributed by atoms with Crippen molar-refractivity contribution in [3.8, 4) is 11.5 Å². The van der Waals surface area contributed by atoms with Gasteiger partial charge in [-0.2, -0.15) is 9.37 Å². The van der Waals surface area contributed by atoms with Gasteiger partial charge in [-0.1, -0.05) is 17.7 Å². The first kappa shape index (κ1) is 19.0. The number of anilines is 1. The van der Waals surface area contributed by atoms with E-state index in [1.165, 1.54) is 0 Å². The molecule has 11 heteroatoms. The van der Waals surface area contributed by atoms with Crippen LogP contribution in [0.3, 0.4) is 0 Å². The first-order valence-electron chi connectivity index (χ1n) is 7.11. The maximum Gasteiger partial charge on any atom is 0.257 e. The van der Waals surface area contributed by atoms with Crippen LogP contribution < -0.4 is 14.4 Å². The monoisotopic (exact) mass is 467 g/mol. The molecule has 3 aromatic rings. The molecule has 0 unspecified atom stereocenters. The minimum absolute atomic E-state index is 0.190. The number of ether oxygens (including phenoxy) is 1. The van der Waals surface area contributed by atoms with Crippen molar-refractivity contribution in [2.24, 2.45) is 0 Å². The Morgan fingerprint density at radius 3 is 2.88 bits per heavy atom. The fourth-order valence-corrected chi connectivity index (χ4v) is 3.51. The minimum atomic E-state index is -1.02. The molecular weight excluding hydrogens is 459 g/mol. The summed E-state index contributed by atoms with van der Waals surface area (Å²) in [5.41, 5.74) is 0.776. The summed E-state index contributed by atoms with van der Waals surface area (Å²) in [4.78, 5) is 11.1. The van der Waals surface area contributed by atoms with E-state index in [9.17, 15) is 13.3 Å². The number of aromatic amines is 1. The van der Waals surface area contributed by atoms with Crippen molar-refractivity contribution in [1.29, 1.82) is 0 Å². The van der Waals surface area contributed by atoms with Crippen molar-refractivity contribution in [2.75, 3.05) is 18.0 Å². The molecule has 2 aromatic heterocycles. The number of fused-ring (bicyclic) bond motifs is 1. The molecule has 0 saturated carbocycles. The van der Waals surface area contributed by atoms with Crippen molar-refractivity contribution < 1.29 is 23.0 Å². The molecule has 0 bridgehead atoms. The molecule has 0 spiro atoms. The average molecular weight is 469 g/mol. The van der Waals surface area contributed by atoms with Gasteiger partial charge >= 0.3 is 0 Å². The van der Waals surface area contributed by atoms with E-state index < -0.39 is 24.1 Å². The topological polar surface area (TPSA) is 59.2 Å². The largest absolute Gasteiger partial charge is 0.486 e. The van der Waals surface area contributed by atoms with E-state index in [4.69, 9.17) is 16.3 Å². The van der Waals surface area contributed by atoms with Gasteiger partial charge in [0.15, 0.2) is 11.6 Å². The molecule has 0 radical (unpaired) electrons. The minimum Gasteiger partial charge on any atom is -0.486 e. The number of H-pyrrole nitrogens is 1. The lowest BCUT2D eigenvalue weighted by atomic mass is 10.2. The summed E-state index contributed by atoms with van der Waals surface area (Å²) in [6, 6.07) is 4.47. The number of nitrogens with one attached hydrogen (secondary N) is 2. The number of aromatic nitrogens is 2. The van der Waals surface area contributed by atoms with Crippen LogP contribution in [0.2, 0.25) is 5.02 Å². The van der Waals surface area contributed by atoms with Crippen molar-refractivity contribution >= 4 is 56.2 Å². The molecule has 138 valence electrons. The van der Waals surface area contributed by atoms with E-state index in [1.54, 1.807) is 18.3 Å². The fraction of sp³-hybridized carbons (Fsp3) is 0.133. The zero-order valence-corrected chi connectivity index (χ0v) is 15.9. The van der Waals surface area contributed by atoms with Crippen molar-refractivity contribution in [3.63, 3.8) is 0 Å². The molecule has 1 aromatic carbocycles. The lowest BCUT2D eigenvalue weighted by Crippen LogP contribution is -2.04. The third-order valence-corrected chi connectivity index (χ3v) is 5.51. The van der Waals surface area contributed by atoms with Gasteiger partial charge in [-0.25, -0.2) is 4.39 Å². The Hall–Kier alpha value is -1.78. The second-order valence-corrected chi connectivity index (χ2v) is 6.93. The fourth-order valence-electron chi connectivity index (χ4n) is 2.14. The van der Waals surface area contributed by atoms with Gasteiger partial charge in [-0.3, -0.25) is 4.94 Å². The van der Waals surface area contributed by atoms with Gasteiger partial charge in [0.1, 0.15) is 13.3 Å². The molecule has 0 saturated heterocycles. The smallest absolute Gasteiger partial charge is 0.257 e. The maximum absolute atomic E-state index is 13.9. The third-order valence-electron chi connectivity index (χ3n) is 3.29. The van der Waals surface area contributed by atoms with Gasteiger partial charge in [-0.05, 0) is 33.9 Å². The molecular formula is C15H10BrClF3N3O2S. The van der Waals surface area contributed by atoms with Crippen LogP contribution in [0.4, 0.5) is 19.1 Å². The second kappa shape index (κ2) is 8.28. The number of hydrogen-bond acceptors (Lipinski definition) is 5. The quantitative estimate of drug-likeness (QED) is 0.336. The highest BCUT2D eigenvalue weighted by molar-refractivity contribution is 9.10. The average Bonchev–Trinajstić information content (AvgIpc) is 3.05. The van der Waals surface area contributed by atoms with E-state index >= 15 is 0 Å². The molecule has 0 aliphatic heterocycles. The van der Waals surface area contributed by atoms with Crippen LogP contribution in [-0.2, 0) is 0 Å². The number of benzene rings is 1. The Kier molecular flexibility index (Phi) is 6.05. The van der Waals surface area contributed by atoms with E-state index in [0.717, 1.165) is 33.8 Å². The Bertz CT molecular complexity index is 944. The summed E-state index contributed by atoms with van der Waals surface area (Å²) < 4.78 is 47.0. The standard InChI is InChI=1S/C15H10BrClF3N3O2S/c16-12-8(17)2-1-7-11(6-21-13(7)12)26-23-15-10(25-20)5-9(14(19)22-15)24-4-3-18/h1-2,5-6,21H,3-4H2,(H,22,23). The highest BCUT2D eigenvalue weighted by Crippen LogP contribution is 2.37. The summed E-state index contributed by atoms with van der Waals surface area (Å²) in [7, 11) is 0. The summed E-state index contributed by atoms with van der Waals surface area (Å²) in [6.45, 7) is -1.19. The number of halogens is 5. The van der Waals surface area contributed by atoms with E-state index in [0.29, 0.717) is 9.50 Å². The number of nitrogens with zero attached hydrogens (tertiary/aromatic N) is 1. The SMILES string of the molecule is FCCOc1cc(OF)c(NSc2c[nH]c3c(Br)c(Cl)ccc23)nc1F. The molecule has 2 N–H and O–H groups in total. The number of rotatable bonds is 7. The number of hydrogen-bond donors (Lipinski definition) is 2. The molecule has 3 rings (SSSR count). The van der Waals surface area contributed by atoms with Crippen LogP contribution in [0.5, 0.6) is 11.5 Å². The zero-order valence-electron chi connectivity index (χ0n) is 12.8. The number of alkyl halides is 1. The summed E-state index contributed by atoms with van der Waals surface area (Å²) in [6.07, 6.45) is 1.70. The lowest BCUT2D eigenvalue weighted by Gasteiger charge is -2.10. The van der Waals surface area contributed by atoms with Crippen LogP contribution >= 0.6 is 39.5 Å². The molecule has 26 heavy (non-hydrogen) atoms. The molecule has 0 amide bonds. The van der Waals surface area contributed by atoms with Gasteiger partial charge in [-0.15, -0.1) is 0 Å². The summed E-state index contributed by atoms with van der Waals surface area (Å²) in [5, 5.41) is 1.38. The van der Waals surface area contributed by atoms with E-state index in [1.807, 2.05) is 0 Å². The van der Waals surface area contributed by atoms with Crippen molar-refractivity contribution in [3.05, 3.63) is 39.8 Å². The van der Waals surface area contributed by atoms with Gasteiger partial charge in [0.2, 0.25) is 5.75 Å². The maximum atomic E-state index is 13.9. The summed E-state index contributed by atoms with van der Waals surface area (Å²) in [5.74, 6) is -2.01. The second-order valence-electron chi connectivity index (χ2n) is 4.88. The highest BCUT2D eigenvalue weighted by atomic mass is 79.9. The first-order valence-corrected chi connectivity index (χ1v) is 9.09. The van der Waals surface area contributed by atoms with Crippen LogP contribution in [0.1, 0.15) is 0 Å². The van der Waals surface area contributed by atoms with Crippen LogP contribution in [0.15, 0.2) is 33.8 Å². The Morgan fingerprint density at radius 1 is 1.35 bits per heavy atom. The van der Waals surface area contributed by atoms with Gasteiger partial charge in [0, 0.05) is 22.2 Å². The molecule has 5 nitrogen and oxygen atoms in total. The lowest BCUT2D eigenvalue weighted by molar-refractivity contribution is -0.00602. The highest BCUT2D eigenvalue weighted by Gasteiger charge is 2.17. The molecule has 0 atom stereocenters. The van der Waals surface area contributed by atoms with Crippen molar-refractivity contribution in [1.82, 2.24) is 9.97 Å². The first-order chi connectivity index (χ1) is 12.5. The van der Waals surface area contributed by atoms with Gasteiger partial charge in [0.05, 0.1) is 19.9 Å². The van der Waals surface area contributed by atoms with E-state index in [2.05, 4.69) is 35.6 Å². The molecule has 0 fully saturated rings. The predicted molar refractivity (Wildman–Crippen MR) is 97.9 cm³/mol. The predicted octanol–water partition coefficient (Wildman–Crippen LogP) is 5.85. The Balaban J connectivity index is 1.83. The normalized spacial score (nSPS) is 11.0. The van der Waals surface area contributed by atoms with Crippen LogP contribution in [-0.4, -0.2) is 23.2 Å². The third kappa shape index (κ3) is 3.81. The Labute approximate surface area is 163 Å². The summed E-state index contributed by atoms with van der Waals surface area (Å²) >= 11 is 10.5. The molecule has 0 aliphatic rings. The molecule has 2 heterocycles. The van der Waals surface area contributed by atoms with Gasteiger partial charge in [0.25, 0.3) is 5.95 Å². The van der Waals surface area contributed by atoms with Crippen LogP contribution in [0.25, 0.3) is 10.9 Å². The van der Waals surface area contributed by atoms with Gasteiger partial charge < -0.3 is 14.4 Å². The Morgan fingerprint density at radius 2 is 2.15 bits per heavy atom. The van der Waals surface area contributed by atoms with Crippen LogP contribution in [0, 0.1) is 5.95 Å². The number of pyridine rings is 1. The zero-order chi connectivity index (χ0) is 18.7. The molecule has 0 aliphatic carbocycles. The van der Waals surface area contributed by atoms with Crippen molar-refractivity contribution in [2.45, 2.75) is 4.90 Å². The van der Waals surface area contributed by atoms with E-state index in [-0.39, 0.29) is 12.4 Å².